The van der Waals surface area contributed by atoms with E-state index >= 15 is 0 Å². The van der Waals surface area contributed by atoms with E-state index in [1.54, 1.807) is 81.6 Å². The summed E-state index contributed by atoms with van der Waals surface area (Å²) in [4.78, 5) is 83.3. The number of amides is 1. The Hall–Kier alpha value is -17.5. The highest BCUT2D eigenvalue weighted by atomic mass is 35.5. The quantitative estimate of drug-likeness (QED) is 0.0226. The van der Waals surface area contributed by atoms with Crippen LogP contribution in [-0.2, 0) is 14.3 Å². The third-order valence-corrected chi connectivity index (χ3v) is 24.5. The number of carbonyl (C=O) groups excluding carboxylic acids is 1. The maximum Gasteiger partial charge on any atom is 0.335 e. The first-order valence-electron chi connectivity index (χ1n) is 47.1. The van der Waals surface area contributed by atoms with Crippen molar-refractivity contribution in [1.82, 2.24) is 81.7 Å². The van der Waals surface area contributed by atoms with Gasteiger partial charge in [0, 0.05) is 257 Å². The van der Waals surface area contributed by atoms with Crippen LogP contribution in [0.4, 0.5) is 84.7 Å². The number of aromatic carboxylic acids is 1. The molecule has 37 heteroatoms. The molecule has 20 aromatic rings. The number of pyridine rings is 1. The first-order valence-corrected chi connectivity index (χ1v) is 47.8. The number of halogens is 3. The van der Waals surface area contributed by atoms with Gasteiger partial charge in [-0.3, -0.25) is 9.78 Å². The summed E-state index contributed by atoms with van der Waals surface area (Å²) in [5.41, 5.74) is 20.7. The normalized spacial score (nSPS) is 12.2. The van der Waals surface area contributed by atoms with Crippen LogP contribution >= 0.6 is 23.2 Å². The Labute approximate surface area is 849 Å². The van der Waals surface area contributed by atoms with Crippen LogP contribution in [0.5, 0.6) is 5.75 Å². The molecule has 0 radical (unpaired) electrons. The molecule has 2 aliphatic rings. The zero-order chi connectivity index (χ0) is 101. The number of nitrogens with one attached hydrogen (secondary N) is 5. The molecule has 146 heavy (non-hydrogen) atoms. The minimum Gasteiger partial charge on any atom is -0.484 e. The predicted octanol–water partition coefficient (Wildman–Crippen LogP) is 19.6. The number of imidazole rings is 5. The fourth-order valence-corrected chi connectivity index (χ4v) is 16.6. The third kappa shape index (κ3) is 24.5. The summed E-state index contributed by atoms with van der Waals surface area (Å²) in [7, 11) is 5.34. The Bertz CT molecular complexity index is 7830. The van der Waals surface area contributed by atoms with Gasteiger partial charge in [0.2, 0.25) is 0 Å². The van der Waals surface area contributed by atoms with Gasteiger partial charge in [0.15, 0.2) is 63.9 Å². The standard InChI is InChI=1S/C23H21N5O3.C22H21ClFN5O.C22H21N5O2.C21H20ClN5O.C21H20N6O/c29-23(30)17-3-1-2-16(14-17)20-15-28-9-8-24-22(28)21(26-20)25-18-4-6-19(7-5-18)27-10-12-31-13-11-27;1-2-28(11-12-30)17-6-4-16(5-7-17)26-21-22-25-9-10-29(22)14-20(27-21)15-3-8-19(24)18(23)13-15;1-26(2)20(28)15-29-18-10-6-9-17(13-18)24-21-22-23-11-12-27(22)14-19(25-21)16-7-4-3-5-8-16;1-26(12-13-28)16-8-6-15(7-9-16)24-20-21-23-10-11-27(21)14-19(25-20)17-4-2-3-5-18(17)22;1-2-16(14-22-7-1)19-15-27-9-8-23-21(27)20(25-19)24-17-3-5-18(6-4-17)26-10-12-28-13-11-26/h1-9,14-15H,10-13H2,(H,25,26)(H,29,30);3-10,13-14,30H,2,11-12H2,1H3,(H,26,27);3-14H,15H2,1-2H3,(H,24,25);2-11,14,28H,12-13H2,1H3,(H,24,25);1-9,14-15H,10-13H2,(H,24,25). The maximum absolute atomic E-state index is 13.6. The molecule has 0 saturated carbocycles. The molecule has 738 valence electrons. The van der Waals surface area contributed by atoms with Crippen LogP contribution in [0.2, 0.25) is 10.0 Å². The third-order valence-electron chi connectivity index (χ3n) is 23.9. The summed E-state index contributed by atoms with van der Waals surface area (Å²) in [6, 6.07) is 72.7. The first-order chi connectivity index (χ1) is 71.4. The number of likely N-dealkylation sites (N-methyl/N-ethyl adjacent to an activating group) is 3. The van der Waals surface area contributed by atoms with Crippen LogP contribution in [0.15, 0.2) is 336 Å². The molecule has 2 fully saturated rings. The molecular weight excluding hydrogens is 1890 g/mol. The van der Waals surface area contributed by atoms with Crippen LogP contribution in [0.1, 0.15) is 17.3 Å². The van der Waals surface area contributed by atoms with E-state index in [-0.39, 0.29) is 36.3 Å². The Morgan fingerprint density at radius 3 is 1.29 bits per heavy atom. The van der Waals surface area contributed by atoms with Crippen molar-refractivity contribution < 1.29 is 43.5 Å². The molecule has 0 spiro atoms. The number of carboxylic acids is 1. The van der Waals surface area contributed by atoms with E-state index < -0.39 is 11.8 Å². The molecule has 0 aliphatic carbocycles. The molecule has 9 aromatic carbocycles. The number of rotatable bonds is 28. The fourth-order valence-electron chi connectivity index (χ4n) is 16.2. The Kier molecular flexibility index (Phi) is 31.7. The van der Waals surface area contributed by atoms with Crippen molar-refractivity contribution in [3.8, 4) is 62.0 Å². The van der Waals surface area contributed by atoms with Gasteiger partial charge in [0.1, 0.15) is 11.6 Å². The Morgan fingerprint density at radius 1 is 0.418 bits per heavy atom. The molecule has 1 amide bonds. The van der Waals surface area contributed by atoms with Crippen molar-refractivity contribution in [2.75, 3.05) is 159 Å². The molecule has 0 unspecified atom stereocenters. The highest BCUT2D eigenvalue weighted by Gasteiger charge is 2.22. The smallest absolute Gasteiger partial charge is 0.335 e. The summed E-state index contributed by atoms with van der Waals surface area (Å²) >= 11 is 12.3. The van der Waals surface area contributed by atoms with Crippen molar-refractivity contribution in [1.29, 1.82) is 0 Å². The van der Waals surface area contributed by atoms with Crippen molar-refractivity contribution in [2.24, 2.45) is 0 Å². The summed E-state index contributed by atoms with van der Waals surface area (Å²) in [6.45, 7) is 10.9. The van der Waals surface area contributed by atoms with E-state index in [9.17, 15) is 24.2 Å². The van der Waals surface area contributed by atoms with Crippen LogP contribution < -0.4 is 50.9 Å². The second-order valence-corrected chi connectivity index (χ2v) is 34.6. The maximum atomic E-state index is 13.6. The lowest BCUT2D eigenvalue weighted by Crippen LogP contribution is -2.36. The number of nitrogens with zero attached hydrogens (tertiary/aromatic N) is 21. The number of fused-ring (bicyclic) bond motifs is 5. The Balaban J connectivity index is 0.000000120. The molecule has 8 N–H and O–H groups in total. The molecule has 34 nitrogen and oxygen atoms in total. The monoisotopic (exact) mass is 1990 g/mol. The largest absolute Gasteiger partial charge is 0.484 e. The topological polar surface area (TPSA) is 363 Å². The first kappa shape index (κ1) is 98.7. The lowest BCUT2D eigenvalue weighted by atomic mass is 10.1. The number of hydrogen-bond acceptors (Lipinski definition) is 27. The van der Waals surface area contributed by atoms with Crippen molar-refractivity contribution in [3.63, 3.8) is 0 Å². The van der Waals surface area contributed by atoms with E-state index in [0.29, 0.717) is 81.2 Å². The minimum absolute atomic E-state index is 0.0112. The average molecular weight is 2000 g/mol. The predicted molar refractivity (Wildman–Crippen MR) is 571 cm³/mol. The van der Waals surface area contributed by atoms with Crippen LogP contribution in [-0.4, -0.2) is 222 Å². The zero-order valence-electron chi connectivity index (χ0n) is 80.1. The van der Waals surface area contributed by atoms with Crippen LogP contribution in [0, 0.1) is 5.82 Å². The number of ether oxygens (including phenoxy) is 3. The number of aromatic nitrogens is 16. The van der Waals surface area contributed by atoms with Gasteiger partial charge >= 0.3 is 5.97 Å². The summed E-state index contributed by atoms with van der Waals surface area (Å²) < 4.78 is 39.6. The molecule has 11 aromatic heterocycles. The zero-order valence-corrected chi connectivity index (χ0v) is 81.6. The lowest BCUT2D eigenvalue weighted by molar-refractivity contribution is -0.130. The highest BCUT2D eigenvalue weighted by molar-refractivity contribution is 6.33. The van der Waals surface area contributed by atoms with Gasteiger partial charge in [-0.25, -0.2) is 59.0 Å². The van der Waals surface area contributed by atoms with E-state index in [1.165, 1.54) is 16.7 Å². The van der Waals surface area contributed by atoms with E-state index in [2.05, 4.69) is 108 Å². The molecule has 2 aliphatic heterocycles. The fraction of sp³-hybridized carbons (Fsp3) is 0.165. The highest BCUT2D eigenvalue weighted by Crippen LogP contribution is 2.36. The van der Waals surface area contributed by atoms with Crippen LogP contribution in [0.3, 0.4) is 0 Å². The SMILES string of the molecule is CCN(CCO)c1ccc(Nc2nc(-c3ccc(F)c(Cl)c3)cn3ccnc23)cc1.CN(C)C(=O)COc1cccc(Nc2nc(-c3ccccc3)cn3ccnc23)c1.CN(CCO)c1ccc(Nc2nc(-c3ccccc3Cl)cn3ccnc23)cc1.O=C(O)c1cccc(-c2cn3ccnc3c(Nc3ccc(N4CCOCC4)cc3)n2)c1.c1cncc(-c2cn3ccnc3c(Nc3ccc(N4CCOCC4)cc3)n2)c1. The number of benzene rings is 9. The number of hydrogen-bond donors (Lipinski definition) is 8. The summed E-state index contributed by atoms with van der Waals surface area (Å²) in [6.07, 6.45) is 31.1. The van der Waals surface area contributed by atoms with Crippen molar-refractivity contribution in [2.45, 2.75) is 6.92 Å². The number of carboxylic acid groups (broad SMARTS) is 1. The van der Waals surface area contributed by atoms with Gasteiger partial charge in [0.05, 0.1) is 83.7 Å². The van der Waals surface area contributed by atoms with Gasteiger partial charge in [-0.2, -0.15) is 0 Å². The number of morpholine rings is 2. The number of carbonyl (C=O) groups is 2. The van der Waals surface area contributed by atoms with Crippen molar-refractivity contribution in [3.05, 3.63) is 357 Å². The van der Waals surface area contributed by atoms with Gasteiger partial charge in [0.25, 0.3) is 5.91 Å². The molecule has 2 saturated heterocycles. The van der Waals surface area contributed by atoms with E-state index in [1.807, 2.05) is 267 Å². The van der Waals surface area contributed by atoms with E-state index in [0.717, 1.165) is 161 Å². The van der Waals surface area contributed by atoms with Crippen LogP contribution in [0.25, 0.3) is 84.5 Å². The van der Waals surface area contributed by atoms with Gasteiger partial charge in [-0.1, -0.05) is 89.9 Å². The number of anilines is 14. The lowest BCUT2D eigenvalue weighted by Gasteiger charge is -2.28. The van der Waals surface area contributed by atoms with Gasteiger partial charge in [-0.05, 0) is 165 Å². The van der Waals surface area contributed by atoms with Gasteiger partial charge in [-0.15, -0.1) is 0 Å². The summed E-state index contributed by atoms with van der Waals surface area (Å²) in [5.74, 6) is 2.25. The molecule has 0 atom stereocenters. The van der Waals surface area contributed by atoms with E-state index in [4.69, 9.17) is 67.4 Å². The second-order valence-electron chi connectivity index (χ2n) is 33.8. The molecule has 13 heterocycles. The molecular formula is C109H103Cl2FN26O8. The Morgan fingerprint density at radius 2 is 0.836 bits per heavy atom. The summed E-state index contributed by atoms with van der Waals surface area (Å²) in [5, 5.41) is 45.1. The molecule has 0 bridgehead atoms. The number of aliphatic hydroxyl groups is 2. The minimum atomic E-state index is -0.968. The second kappa shape index (κ2) is 46.9. The van der Waals surface area contributed by atoms with Crippen molar-refractivity contribution >= 4 is 144 Å². The number of aliphatic hydroxyl groups excluding tert-OH is 2. The molecule has 22 rings (SSSR count). The average Bonchev–Trinajstić information content (AvgIpc) is 1.60. The van der Waals surface area contributed by atoms with Gasteiger partial charge < -0.3 is 103 Å².